The molecule has 0 amide bonds. The van der Waals surface area contributed by atoms with Gasteiger partial charge in [-0.2, -0.15) is 5.10 Å². The molecule has 0 bridgehead atoms. The molecular formula is C11H17ClN4. The van der Waals surface area contributed by atoms with Gasteiger partial charge in [0.2, 0.25) is 0 Å². The second-order valence-corrected chi connectivity index (χ2v) is 4.83. The Kier molecular flexibility index (Phi) is 3.61. The number of hydrogen-bond donors (Lipinski definition) is 0. The number of aromatic nitrogens is 2. The summed E-state index contributed by atoms with van der Waals surface area (Å²) in [5, 5.41) is 8.12. The van der Waals surface area contributed by atoms with E-state index in [1.165, 1.54) is 12.8 Å². The number of likely N-dealkylation sites (N-methyl/N-ethyl adjacent to an activating group) is 1. The normalized spacial score (nSPS) is 21.5. The van der Waals surface area contributed by atoms with Crippen molar-refractivity contribution < 1.29 is 0 Å². The molecule has 16 heavy (non-hydrogen) atoms. The fourth-order valence-corrected chi connectivity index (χ4v) is 2.27. The summed E-state index contributed by atoms with van der Waals surface area (Å²) < 4.78 is 0. The van der Waals surface area contributed by atoms with Crippen molar-refractivity contribution in [2.75, 3.05) is 32.1 Å². The zero-order valence-corrected chi connectivity index (χ0v) is 10.5. The number of rotatable bonds is 2. The molecule has 1 atom stereocenters. The van der Waals surface area contributed by atoms with E-state index in [0.29, 0.717) is 11.2 Å². The van der Waals surface area contributed by atoms with Crippen LogP contribution in [0.2, 0.25) is 5.15 Å². The van der Waals surface area contributed by atoms with Crippen LogP contribution in [0.4, 0.5) is 5.69 Å². The lowest BCUT2D eigenvalue weighted by atomic mass is 10.0. The van der Waals surface area contributed by atoms with Gasteiger partial charge in [0.25, 0.3) is 0 Å². The van der Waals surface area contributed by atoms with E-state index in [9.17, 15) is 0 Å². The van der Waals surface area contributed by atoms with E-state index < -0.39 is 0 Å². The monoisotopic (exact) mass is 240 g/mol. The first-order chi connectivity index (χ1) is 7.66. The largest absolute Gasteiger partial charge is 0.369 e. The molecule has 1 saturated heterocycles. The Morgan fingerprint density at radius 3 is 3.00 bits per heavy atom. The molecule has 1 aliphatic heterocycles. The topological polar surface area (TPSA) is 32.3 Å². The molecule has 2 heterocycles. The van der Waals surface area contributed by atoms with Crippen LogP contribution < -0.4 is 4.90 Å². The first-order valence-electron chi connectivity index (χ1n) is 5.56. The summed E-state index contributed by atoms with van der Waals surface area (Å²) in [6.07, 6.45) is 4.25. The number of nitrogens with zero attached hydrogens (tertiary/aromatic N) is 4. The third kappa shape index (κ3) is 2.62. The summed E-state index contributed by atoms with van der Waals surface area (Å²) in [4.78, 5) is 4.61. The van der Waals surface area contributed by atoms with Crippen LogP contribution >= 0.6 is 11.6 Å². The van der Waals surface area contributed by atoms with Crippen molar-refractivity contribution in [2.24, 2.45) is 0 Å². The summed E-state index contributed by atoms with van der Waals surface area (Å²) in [5.74, 6) is 0. The fourth-order valence-electron chi connectivity index (χ4n) is 2.12. The van der Waals surface area contributed by atoms with E-state index >= 15 is 0 Å². The minimum Gasteiger partial charge on any atom is -0.369 e. The molecule has 1 unspecified atom stereocenters. The maximum Gasteiger partial charge on any atom is 0.153 e. The number of halogens is 1. The maximum absolute atomic E-state index is 5.85. The lowest BCUT2D eigenvalue weighted by Gasteiger charge is -2.37. The van der Waals surface area contributed by atoms with E-state index in [1.54, 1.807) is 6.20 Å². The Bertz CT molecular complexity index is 356. The SMILES string of the molecule is CN(C)C1CCCN(c2cnnc(Cl)c2)C1. The van der Waals surface area contributed by atoms with Gasteiger partial charge in [0.05, 0.1) is 11.9 Å². The highest BCUT2D eigenvalue weighted by molar-refractivity contribution is 6.29. The Balaban J connectivity index is 2.09. The minimum absolute atomic E-state index is 0.462. The molecule has 0 aromatic carbocycles. The molecule has 0 radical (unpaired) electrons. The maximum atomic E-state index is 5.85. The number of anilines is 1. The van der Waals surface area contributed by atoms with E-state index in [1.807, 2.05) is 6.07 Å². The second kappa shape index (κ2) is 4.97. The zero-order chi connectivity index (χ0) is 11.5. The van der Waals surface area contributed by atoms with Gasteiger partial charge in [-0.15, -0.1) is 5.10 Å². The smallest absolute Gasteiger partial charge is 0.153 e. The van der Waals surface area contributed by atoms with Gasteiger partial charge in [-0.25, -0.2) is 0 Å². The molecule has 1 aromatic heterocycles. The predicted octanol–water partition coefficient (Wildman–Crippen LogP) is 1.66. The molecule has 1 fully saturated rings. The Morgan fingerprint density at radius 2 is 2.31 bits per heavy atom. The lowest BCUT2D eigenvalue weighted by Crippen LogP contribution is -2.45. The lowest BCUT2D eigenvalue weighted by molar-refractivity contribution is 0.258. The number of hydrogen-bond acceptors (Lipinski definition) is 4. The van der Waals surface area contributed by atoms with Gasteiger partial charge >= 0.3 is 0 Å². The summed E-state index contributed by atoms with van der Waals surface area (Å²) >= 11 is 5.85. The average molecular weight is 241 g/mol. The molecule has 5 heteroatoms. The molecule has 4 nitrogen and oxygen atoms in total. The summed E-state index contributed by atoms with van der Waals surface area (Å²) in [6, 6.07) is 2.49. The van der Waals surface area contributed by atoms with Crippen molar-refractivity contribution >= 4 is 17.3 Å². The second-order valence-electron chi connectivity index (χ2n) is 4.44. The average Bonchev–Trinajstić information content (AvgIpc) is 2.29. The Hall–Kier alpha value is -0.870. The fraction of sp³-hybridized carbons (Fsp3) is 0.636. The van der Waals surface area contributed by atoms with Gasteiger partial charge in [0.15, 0.2) is 5.15 Å². The minimum atomic E-state index is 0.462. The van der Waals surface area contributed by atoms with Crippen LogP contribution in [0.15, 0.2) is 12.3 Å². The van der Waals surface area contributed by atoms with Crippen LogP contribution in [0.25, 0.3) is 0 Å². The zero-order valence-electron chi connectivity index (χ0n) is 9.73. The summed E-state index contributed by atoms with van der Waals surface area (Å²) in [6.45, 7) is 2.11. The summed E-state index contributed by atoms with van der Waals surface area (Å²) in [7, 11) is 4.26. The van der Waals surface area contributed by atoms with E-state index in [0.717, 1.165) is 18.8 Å². The van der Waals surface area contributed by atoms with Crippen molar-refractivity contribution in [2.45, 2.75) is 18.9 Å². The molecular weight excluding hydrogens is 224 g/mol. The van der Waals surface area contributed by atoms with Crippen molar-refractivity contribution in [3.05, 3.63) is 17.4 Å². The first kappa shape index (κ1) is 11.6. The molecule has 0 saturated carbocycles. The Morgan fingerprint density at radius 1 is 1.50 bits per heavy atom. The van der Waals surface area contributed by atoms with Gasteiger partial charge in [-0.05, 0) is 26.9 Å². The highest BCUT2D eigenvalue weighted by Crippen LogP contribution is 2.22. The van der Waals surface area contributed by atoms with Crippen LogP contribution in [0.5, 0.6) is 0 Å². The van der Waals surface area contributed by atoms with Crippen molar-refractivity contribution in [3.63, 3.8) is 0 Å². The molecule has 0 aliphatic carbocycles. The van der Waals surface area contributed by atoms with E-state index in [4.69, 9.17) is 11.6 Å². The van der Waals surface area contributed by atoms with Gasteiger partial charge < -0.3 is 9.80 Å². The first-order valence-corrected chi connectivity index (χ1v) is 5.94. The van der Waals surface area contributed by atoms with Crippen molar-refractivity contribution in [1.29, 1.82) is 0 Å². The van der Waals surface area contributed by atoms with Crippen LogP contribution in [0.1, 0.15) is 12.8 Å². The molecule has 2 rings (SSSR count). The van der Waals surface area contributed by atoms with Crippen LogP contribution in [-0.4, -0.2) is 48.3 Å². The van der Waals surface area contributed by atoms with Crippen molar-refractivity contribution in [1.82, 2.24) is 15.1 Å². The van der Waals surface area contributed by atoms with Gasteiger partial charge in [0.1, 0.15) is 0 Å². The van der Waals surface area contributed by atoms with E-state index in [2.05, 4.69) is 34.1 Å². The summed E-state index contributed by atoms with van der Waals surface area (Å²) in [5.41, 5.74) is 1.08. The van der Waals surface area contributed by atoms with Crippen LogP contribution in [0.3, 0.4) is 0 Å². The van der Waals surface area contributed by atoms with Crippen LogP contribution in [-0.2, 0) is 0 Å². The highest BCUT2D eigenvalue weighted by atomic mass is 35.5. The third-order valence-corrected chi connectivity index (χ3v) is 3.29. The third-order valence-electron chi connectivity index (χ3n) is 3.10. The van der Waals surface area contributed by atoms with Crippen molar-refractivity contribution in [3.8, 4) is 0 Å². The highest BCUT2D eigenvalue weighted by Gasteiger charge is 2.21. The quantitative estimate of drug-likeness (QED) is 0.787. The molecule has 1 aliphatic rings. The van der Waals surface area contributed by atoms with E-state index in [-0.39, 0.29) is 0 Å². The standard InChI is InChI=1S/C11H17ClN4/c1-15(2)9-4-3-5-16(8-9)10-6-11(12)14-13-7-10/h6-7,9H,3-5,8H2,1-2H3. The van der Waals surface area contributed by atoms with Gasteiger partial charge in [0, 0.05) is 25.2 Å². The van der Waals surface area contributed by atoms with Gasteiger partial charge in [-0.3, -0.25) is 0 Å². The molecule has 0 spiro atoms. The molecule has 0 N–H and O–H groups in total. The van der Waals surface area contributed by atoms with Crippen LogP contribution in [0, 0.1) is 0 Å². The Labute approximate surface area is 101 Å². The predicted molar refractivity (Wildman–Crippen MR) is 66.0 cm³/mol. The number of piperidine rings is 1. The molecule has 1 aromatic rings. The molecule has 88 valence electrons. The van der Waals surface area contributed by atoms with Gasteiger partial charge in [-0.1, -0.05) is 11.6 Å².